The van der Waals surface area contributed by atoms with Gasteiger partial charge in [0.2, 0.25) is 0 Å². The molecule has 0 spiro atoms. The third kappa shape index (κ3) is 5.40. The highest BCUT2D eigenvalue weighted by Gasteiger charge is 2.42. The molecule has 0 saturated heterocycles. The zero-order valence-corrected chi connectivity index (χ0v) is 21.8. The fourth-order valence-electron chi connectivity index (χ4n) is 4.16. The van der Waals surface area contributed by atoms with Crippen LogP contribution in [0.4, 0.5) is 23.2 Å². The predicted molar refractivity (Wildman–Crippen MR) is 131 cm³/mol. The Kier molecular flexibility index (Phi) is 7.07. The molecular formula is C25H22F4N6O3S. The summed E-state index contributed by atoms with van der Waals surface area (Å²) < 4.78 is 81.3. The van der Waals surface area contributed by atoms with Crippen molar-refractivity contribution in [2.45, 2.75) is 49.6 Å². The van der Waals surface area contributed by atoms with Gasteiger partial charge in [0.15, 0.2) is 17.3 Å². The number of nitrogens with one attached hydrogen (secondary N) is 2. The van der Waals surface area contributed by atoms with E-state index in [9.17, 15) is 27.4 Å². The zero-order valence-electron chi connectivity index (χ0n) is 20.9. The number of hydrogen-bond donors (Lipinski definition) is 2. The lowest BCUT2D eigenvalue weighted by atomic mass is 9.67. The molecule has 1 fully saturated rings. The van der Waals surface area contributed by atoms with E-state index in [1.807, 2.05) is 0 Å². The van der Waals surface area contributed by atoms with E-state index in [2.05, 4.69) is 26.6 Å². The Labute approximate surface area is 221 Å². The number of ether oxygens (including phenoxy) is 1. The van der Waals surface area contributed by atoms with E-state index in [0.29, 0.717) is 12.8 Å². The molecule has 1 atom stereocenters. The number of alkyl halides is 3. The first-order valence-corrected chi connectivity index (χ1v) is 13.5. The maximum Gasteiger partial charge on any atom is 0.435 e. The molecule has 1 aromatic carbocycles. The van der Waals surface area contributed by atoms with Gasteiger partial charge in [-0.05, 0) is 56.9 Å². The van der Waals surface area contributed by atoms with Crippen LogP contribution in [0.2, 0.25) is 0 Å². The molecule has 2 heterocycles. The lowest BCUT2D eigenvalue weighted by Gasteiger charge is -2.34. The van der Waals surface area contributed by atoms with E-state index in [1.165, 1.54) is 37.4 Å². The number of halogens is 4. The van der Waals surface area contributed by atoms with Crippen molar-refractivity contribution in [3.63, 3.8) is 0 Å². The van der Waals surface area contributed by atoms with Crippen molar-refractivity contribution in [3.05, 3.63) is 64.4 Å². The van der Waals surface area contributed by atoms with Gasteiger partial charge in [0.1, 0.15) is 5.56 Å². The molecule has 0 bridgehead atoms. The van der Waals surface area contributed by atoms with Crippen LogP contribution >= 0.6 is 0 Å². The minimum absolute atomic E-state index is 0.00177. The summed E-state index contributed by atoms with van der Waals surface area (Å²) in [7, 11) is -3.15. The fraction of sp³-hybridized carbons (Fsp3) is 0.320. The number of carbonyl (C=O) groups excluding carboxylic acids is 1. The first-order valence-electron chi connectivity index (χ1n) is 11.5. The summed E-state index contributed by atoms with van der Waals surface area (Å²) in [5.41, 5.74) is -3.39. The Morgan fingerprint density at radius 3 is 2.46 bits per heavy atom. The first-order chi connectivity index (χ1) is 18.2. The van der Waals surface area contributed by atoms with Crippen molar-refractivity contribution >= 4 is 21.3 Å². The van der Waals surface area contributed by atoms with Crippen LogP contribution in [0.1, 0.15) is 52.3 Å². The third-order valence-electron chi connectivity index (χ3n) is 6.43. The van der Waals surface area contributed by atoms with Crippen molar-refractivity contribution in [1.29, 1.82) is 10.0 Å². The quantitative estimate of drug-likeness (QED) is 0.369. The number of benzene rings is 1. The molecule has 0 aliphatic heterocycles. The highest BCUT2D eigenvalue weighted by molar-refractivity contribution is 7.91. The fourth-order valence-corrected chi connectivity index (χ4v) is 4.85. The van der Waals surface area contributed by atoms with Crippen LogP contribution < -0.4 is 10.1 Å². The van der Waals surface area contributed by atoms with E-state index in [1.54, 1.807) is 0 Å². The Morgan fingerprint density at radius 1 is 1.23 bits per heavy atom. The second kappa shape index (κ2) is 9.88. The lowest BCUT2D eigenvalue weighted by molar-refractivity contribution is -0.142. The molecule has 1 aliphatic rings. The lowest BCUT2D eigenvalue weighted by Crippen LogP contribution is -2.33. The molecule has 1 saturated carbocycles. The molecule has 1 amide bonds. The molecular weight excluding hydrogens is 540 g/mol. The SMILES string of the molecule is Cc1nc(C2(C#N)CCC2)cc(F)c1Oc1nnc(C(F)(F)F)c(C)c1C(=O)Nc1cccc(S(C)(=N)=O)c1. The van der Waals surface area contributed by atoms with Crippen molar-refractivity contribution in [3.8, 4) is 17.7 Å². The maximum absolute atomic E-state index is 15.2. The molecule has 2 aromatic heterocycles. The topological polar surface area (TPSA) is 142 Å². The van der Waals surface area contributed by atoms with Crippen molar-refractivity contribution in [1.82, 2.24) is 15.2 Å². The second-order valence-corrected chi connectivity index (χ2v) is 11.4. The monoisotopic (exact) mass is 562 g/mol. The maximum atomic E-state index is 15.2. The number of carbonyl (C=O) groups is 1. The van der Waals surface area contributed by atoms with E-state index in [4.69, 9.17) is 9.52 Å². The number of nitrogens with zero attached hydrogens (tertiary/aromatic N) is 4. The van der Waals surface area contributed by atoms with Gasteiger partial charge < -0.3 is 10.1 Å². The number of amides is 1. The summed E-state index contributed by atoms with van der Waals surface area (Å²) in [6.07, 6.45) is -1.98. The summed E-state index contributed by atoms with van der Waals surface area (Å²) in [5, 5.41) is 18.6. The number of pyridine rings is 1. The van der Waals surface area contributed by atoms with Crippen LogP contribution in [0.15, 0.2) is 35.2 Å². The average Bonchev–Trinajstić information content (AvgIpc) is 2.80. The molecule has 3 aromatic rings. The molecule has 4 rings (SSSR count). The average molecular weight is 563 g/mol. The summed E-state index contributed by atoms with van der Waals surface area (Å²) in [5.74, 6) is -3.22. The molecule has 2 N–H and O–H groups in total. The van der Waals surface area contributed by atoms with Crippen molar-refractivity contribution in [2.75, 3.05) is 11.6 Å². The van der Waals surface area contributed by atoms with Crippen LogP contribution in [0.3, 0.4) is 0 Å². The highest BCUT2D eigenvalue weighted by atomic mass is 32.2. The summed E-state index contributed by atoms with van der Waals surface area (Å²) in [6, 6.07) is 8.65. The van der Waals surface area contributed by atoms with Crippen LogP contribution in [0.5, 0.6) is 11.6 Å². The summed E-state index contributed by atoms with van der Waals surface area (Å²) in [6.45, 7) is 2.39. The minimum Gasteiger partial charge on any atom is -0.432 e. The van der Waals surface area contributed by atoms with Crippen molar-refractivity contribution in [2.24, 2.45) is 0 Å². The molecule has 204 valence electrons. The second-order valence-electron chi connectivity index (χ2n) is 9.23. The van der Waals surface area contributed by atoms with E-state index >= 15 is 4.39 Å². The van der Waals surface area contributed by atoms with Crippen molar-refractivity contribution < 1.29 is 31.3 Å². The largest absolute Gasteiger partial charge is 0.435 e. The summed E-state index contributed by atoms with van der Waals surface area (Å²) >= 11 is 0. The van der Waals surface area contributed by atoms with Gasteiger partial charge in [-0.2, -0.15) is 18.4 Å². The Morgan fingerprint density at radius 2 is 1.92 bits per heavy atom. The molecule has 0 radical (unpaired) electrons. The molecule has 1 unspecified atom stereocenters. The van der Waals surface area contributed by atoms with Gasteiger partial charge in [0, 0.05) is 22.9 Å². The van der Waals surface area contributed by atoms with Crippen LogP contribution in [-0.2, 0) is 21.3 Å². The number of hydrogen-bond acceptors (Lipinski definition) is 8. The number of rotatable bonds is 6. The zero-order chi connectivity index (χ0) is 28.8. The van der Waals surface area contributed by atoms with E-state index in [0.717, 1.165) is 19.4 Å². The van der Waals surface area contributed by atoms with Gasteiger partial charge >= 0.3 is 6.18 Å². The molecule has 39 heavy (non-hydrogen) atoms. The first kappa shape index (κ1) is 27.9. The number of aryl methyl sites for hydroxylation is 1. The van der Waals surface area contributed by atoms with Gasteiger partial charge in [0.05, 0.1) is 32.6 Å². The minimum atomic E-state index is -4.96. The summed E-state index contributed by atoms with van der Waals surface area (Å²) in [4.78, 5) is 17.6. The number of anilines is 1. The smallest absolute Gasteiger partial charge is 0.432 e. The van der Waals surface area contributed by atoms with Crippen LogP contribution in [0.25, 0.3) is 0 Å². The third-order valence-corrected chi connectivity index (χ3v) is 7.58. The molecule has 1 aliphatic carbocycles. The van der Waals surface area contributed by atoms with Crippen LogP contribution in [0, 0.1) is 35.8 Å². The standard InChI is InChI=1S/C25H22F4N6O3S/c1-13-19(22(36)33-15-6-4-7-16(10-15)39(3,31)37)23(35-34-21(13)25(27,28)29)38-20-14(2)32-18(11-17(20)26)24(12-30)8-5-9-24/h4,6-7,10-11,31H,5,8-9H2,1-3H3,(H,33,36). The van der Waals surface area contributed by atoms with E-state index < -0.39 is 61.5 Å². The van der Waals surface area contributed by atoms with Gasteiger partial charge in [-0.15, -0.1) is 10.2 Å². The Balaban J connectivity index is 1.77. The number of aromatic nitrogens is 3. The molecule has 9 nitrogen and oxygen atoms in total. The number of nitriles is 1. The Hall–Kier alpha value is -4.12. The highest BCUT2D eigenvalue weighted by Crippen LogP contribution is 2.44. The van der Waals surface area contributed by atoms with Crippen LogP contribution in [-0.4, -0.2) is 31.6 Å². The van der Waals surface area contributed by atoms with Gasteiger partial charge in [-0.1, -0.05) is 6.07 Å². The van der Waals surface area contributed by atoms with Gasteiger partial charge in [0.25, 0.3) is 11.8 Å². The van der Waals surface area contributed by atoms with E-state index in [-0.39, 0.29) is 22.0 Å². The normalized spacial score (nSPS) is 15.9. The van der Waals surface area contributed by atoms with Gasteiger partial charge in [-0.3, -0.25) is 9.78 Å². The predicted octanol–water partition coefficient (Wildman–Crippen LogP) is 5.67. The molecule has 14 heteroatoms. The Bertz CT molecular complexity index is 1610. The van der Waals surface area contributed by atoms with Gasteiger partial charge in [-0.25, -0.2) is 13.4 Å².